The van der Waals surface area contributed by atoms with Crippen LogP contribution in [0.2, 0.25) is 5.02 Å². The van der Waals surface area contributed by atoms with Gasteiger partial charge in [-0.15, -0.1) is 0 Å². The van der Waals surface area contributed by atoms with Crippen molar-refractivity contribution in [2.24, 2.45) is 0 Å². The van der Waals surface area contributed by atoms with Gasteiger partial charge < -0.3 is 4.42 Å². The van der Waals surface area contributed by atoms with Crippen molar-refractivity contribution in [3.05, 3.63) is 51.6 Å². The Morgan fingerprint density at radius 2 is 1.96 bits per heavy atom. The van der Waals surface area contributed by atoms with E-state index in [1.807, 2.05) is 45.0 Å². The van der Waals surface area contributed by atoms with Crippen LogP contribution in [0.1, 0.15) is 25.2 Å². The van der Waals surface area contributed by atoms with Crippen LogP contribution >= 0.6 is 23.4 Å². The molecule has 0 saturated carbocycles. The number of thioether (sulfide) groups is 1. The van der Waals surface area contributed by atoms with Gasteiger partial charge in [0.25, 0.3) is 11.1 Å². The lowest BCUT2D eigenvalue weighted by Crippen LogP contribution is -2.34. The van der Waals surface area contributed by atoms with E-state index in [1.165, 1.54) is 4.90 Å². The molecule has 124 valence electrons. The molecule has 1 fully saturated rings. The molecule has 6 heteroatoms. The average Bonchev–Trinajstić information content (AvgIpc) is 3.07. The largest absolute Gasteiger partial charge is 0.457 e. The van der Waals surface area contributed by atoms with Crippen LogP contribution < -0.4 is 0 Å². The number of benzene rings is 1. The summed E-state index contributed by atoms with van der Waals surface area (Å²) in [5, 5.41) is 0.380. The van der Waals surface area contributed by atoms with Gasteiger partial charge in [-0.25, -0.2) is 0 Å². The van der Waals surface area contributed by atoms with Gasteiger partial charge in [0.05, 0.1) is 4.91 Å². The molecule has 2 heterocycles. The first-order chi connectivity index (χ1) is 11.4. The van der Waals surface area contributed by atoms with Gasteiger partial charge in [-0.2, -0.15) is 0 Å². The third-order valence-corrected chi connectivity index (χ3v) is 4.82. The van der Waals surface area contributed by atoms with E-state index in [9.17, 15) is 9.59 Å². The number of aryl methyl sites for hydroxylation is 1. The number of carbonyl (C=O) groups is 2. The second-order valence-corrected chi connectivity index (χ2v) is 7.24. The number of rotatable bonds is 3. The minimum Gasteiger partial charge on any atom is -0.457 e. The van der Waals surface area contributed by atoms with Crippen molar-refractivity contribution in [2.45, 2.75) is 26.8 Å². The van der Waals surface area contributed by atoms with Gasteiger partial charge in [-0.05, 0) is 62.4 Å². The Hall–Kier alpha value is -1.98. The predicted molar refractivity (Wildman–Crippen MR) is 96.8 cm³/mol. The lowest BCUT2D eigenvalue weighted by atomic mass is 10.1. The number of amides is 2. The van der Waals surface area contributed by atoms with Crippen LogP contribution in [0.4, 0.5) is 4.79 Å². The van der Waals surface area contributed by atoms with E-state index in [0.29, 0.717) is 21.4 Å². The molecule has 1 aromatic heterocycles. The number of furan rings is 1. The molecular formula is C18H16ClNO3S. The standard InChI is InChI=1S/C18H16ClNO3S/c1-10(2)20-17(21)16(24-18(20)22)9-13-6-7-15(23-13)14-8-12(19)5-4-11(14)3/h4-10H,1-3H3/b16-9-. The lowest BCUT2D eigenvalue weighted by Gasteiger charge is -2.16. The molecule has 1 aliphatic heterocycles. The first-order valence-corrected chi connectivity index (χ1v) is 8.69. The van der Waals surface area contributed by atoms with Gasteiger partial charge >= 0.3 is 0 Å². The van der Waals surface area contributed by atoms with Gasteiger partial charge in [0.15, 0.2) is 0 Å². The Labute approximate surface area is 149 Å². The van der Waals surface area contributed by atoms with Crippen LogP contribution in [0.25, 0.3) is 17.4 Å². The molecule has 4 nitrogen and oxygen atoms in total. The fourth-order valence-corrected chi connectivity index (χ4v) is 3.60. The molecule has 2 aromatic rings. The summed E-state index contributed by atoms with van der Waals surface area (Å²) in [4.78, 5) is 25.8. The summed E-state index contributed by atoms with van der Waals surface area (Å²) < 4.78 is 5.82. The van der Waals surface area contributed by atoms with Gasteiger partial charge in [-0.3, -0.25) is 14.5 Å². The highest BCUT2D eigenvalue weighted by Gasteiger charge is 2.36. The fraction of sp³-hybridized carbons (Fsp3) is 0.222. The first-order valence-electron chi connectivity index (χ1n) is 7.50. The number of hydrogen-bond donors (Lipinski definition) is 0. The van der Waals surface area contributed by atoms with E-state index in [2.05, 4.69) is 0 Å². The monoisotopic (exact) mass is 361 g/mol. The van der Waals surface area contributed by atoms with E-state index >= 15 is 0 Å². The molecule has 1 saturated heterocycles. The minimum atomic E-state index is -0.281. The molecular weight excluding hydrogens is 346 g/mol. The first kappa shape index (κ1) is 16.9. The number of carbonyl (C=O) groups excluding carboxylic acids is 2. The van der Waals surface area contributed by atoms with E-state index in [-0.39, 0.29) is 17.2 Å². The molecule has 2 amide bonds. The molecule has 0 atom stereocenters. The van der Waals surface area contributed by atoms with Crippen LogP contribution in [-0.2, 0) is 4.79 Å². The molecule has 0 unspecified atom stereocenters. The summed E-state index contributed by atoms with van der Waals surface area (Å²) in [6.07, 6.45) is 1.61. The topological polar surface area (TPSA) is 50.5 Å². The van der Waals surface area contributed by atoms with Crippen molar-refractivity contribution in [1.29, 1.82) is 0 Å². The SMILES string of the molecule is Cc1ccc(Cl)cc1-c1ccc(/C=C2\SC(=O)N(C(C)C)C2=O)o1. The maximum absolute atomic E-state index is 12.3. The maximum Gasteiger partial charge on any atom is 0.293 e. The molecule has 24 heavy (non-hydrogen) atoms. The quantitative estimate of drug-likeness (QED) is 0.691. The third kappa shape index (κ3) is 3.14. The summed E-state index contributed by atoms with van der Waals surface area (Å²) in [5.41, 5.74) is 1.94. The zero-order chi connectivity index (χ0) is 17.4. The predicted octanol–water partition coefficient (Wildman–Crippen LogP) is 5.35. The van der Waals surface area contributed by atoms with Gasteiger partial charge in [-0.1, -0.05) is 17.7 Å². The third-order valence-electron chi connectivity index (χ3n) is 3.71. The second kappa shape index (κ2) is 6.49. The summed E-state index contributed by atoms with van der Waals surface area (Å²) in [6.45, 7) is 5.60. The molecule has 3 rings (SSSR count). The molecule has 1 aromatic carbocycles. The lowest BCUT2D eigenvalue weighted by molar-refractivity contribution is -0.123. The van der Waals surface area contributed by atoms with Crippen molar-refractivity contribution in [3.8, 4) is 11.3 Å². The smallest absolute Gasteiger partial charge is 0.293 e. The van der Waals surface area contributed by atoms with E-state index < -0.39 is 0 Å². The van der Waals surface area contributed by atoms with Crippen molar-refractivity contribution in [2.75, 3.05) is 0 Å². The normalized spacial score (nSPS) is 16.7. The molecule has 0 aliphatic carbocycles. The number of hydrogen-bond acceptors (Lipinski definition) is 4. The van der Waals surface area contributed by atoms with Crippen molar-refractivity contribution < 1.29 is 14.0 Å². The van der Waals surface area contributed by atoms with Gasteiger partial charge in [0, 0.05) is 22.7 Å². The Morgan fingerprint density at radius 1 is 1.21 bits per heavy atom. The Bertz CT molecular complexity index is 854. The molecule has 0 bridgehead atoms. The Morgan fingerprint density at radius 3 is 2.62 bits per heavy atom. The maximum atomic E-state index is 12.3. The summed E-state index contributed by atoms with van der Waals surface area (Å²) in [5.74, 6) is 0.917. The molecule has 1 aliphatic rings. The summed E-state index contributed by atoms with van der Waals surface area (Å²) in [6, 6.07) is 9.03. The van der Waals surface area contributed by atoms with Gasteiger partial charge in [0.1, 0.15) is 11.5 Å². The van der Waals surface area contributed by atoms with Crippen LogP contribution in [0.3, 0.4) is 0 Å². The number of halogens is 1. The zero-order valence-corrected chi connectivity index (χ0v) is 15.1. The molecule has 0 spiro atoms. The highest BCUT2D eigenvalue weighted by atomic mass is 35.5. The average molecular weight is 362 g/mol. The van der Waals surface area contributed by atoms with Crippen molar-refractivity contribution >= 4 is 40.6 Å². The minimum absolute atomic E-state index is 0.162. The van der Waals surface area contributed by atoms with E-state index in [1.54, 1.807) is 12.1 Å². The van der Waals surface area contributed by atoms with Crippen LogP contribution in [0.15, 0.2) is 39.7 Å². The highest BCUT2D eigenvalue weighted by Crippen LogP contribution is 2.35. The van der Waals surface area contributed by atoms with Crippen LogP contribution in [0.5, 0.6) is 0 Å². The Kier molecular flexibility index (Phi) is 4.56. The van der Waals surface area contributed by atoms with Crippen molar-refractivity contribution in [3.63, 3.8) is 0 Å². The zero-order valence-electron chi connectivity index (χ0n) is 13.5. The van der Waals surface area contributed by atoms with E-state index in [0.717, 1.165) is 22.9 Å². The number of imide groups is 1. The van der Waals surface area contributed by atoms with Gasteiger partial charge in [0.2, 0.25) is 0 Å². The highest BCUT2D eigenvalue weighted by molar-refractivity contribution is 8.18. The van der Waals surface area contributed by atoms with E-state index in [4.69, 9.17) is 16.0 Å². The number of nitrogens with zero attached hydrogens (tertiary/aromatic N) is 1. The van der Waals surface area contributed by atoms with Crippen LogP contribution in [-0.4, -0.2) is 22.1 Å². The summed E-state index contributed by atoms with van der Waals surface area (Å²) >= 11 is 6.98. The second-order valence-electron chi connectivity index (χ2n) is 5.81. The summed E-state index contributed by atoms with van der Waals surface area (Å²) in [7, 11) is 0. The fourth-order valence-electron chi connectivity index (χ4n) is 2.49. The molecule has 0 N–H and O–H groups in total. The van der Waals surface area contributed by atoms with Crippen molar-refractivity contribution in [1.82, 2.24) is 4.90 Å². The Balaban J connectivity index is 1.91. The molecule has 0 radical (unpaired) electrons. The van der Waals surface area contributed by atoms with Crippen LogP contribution in [0, 0.1) is 6.92 Å².